The molecular formula is C16H17BrN6. The maximum atomic E-state index is 4.57. The van der Waals surface area contributed by atoms with Gasteiger partial charge < -0.3 is 5.32 Å². The van der Waals surface area contributed by atoms with Crippen molar-refractivity contribution in [2.75, 3.05) is 5.32 Å². The van der Waals surface area contributed by atoms with E-state index in [1.807, 2.05) is 23.0 Å². The second kappa shape index (κ2) is 5.88. The Morgan fingerprint density at radius 2 is 2.30 bits per heavy atom. The van der Waals surface area contributed by atoms with E-state index >= 15 is 0 Å². The number of aryl methyl sites for hydroxylation is 2. The van der Waals surface area contributed by atoms with Gasteiger partial charge in [0.25, 0.3) is 0 Å². The zero-order chi connectivity index (χ0) is 15.8. The second-order valence-electron chi connectivity index (χ2n) is 5.74. The third-order valence-electron chi connectivity index (χ3n) is 4.12. The van der Waals surface area contributed by atoms with E-state index in [0.29, 0.717) is 6.04 Å². The first kappa shape index (κ1) is 14.6. The fraction of sp³-hybridized carbons (Fsp3) is 0.375. The maximum absolute atomic E-state index is 4.57. The van der Waals surface area contributed by atoms with Crippen molar-refractivity contribution in [3.63, 3.8) is 0 Å². The molecule has 4 heterocycles. The molecule has 0 saturated heterocycles. The molecule has 0 bridgehead atoms. The number of hydrogen-bond donors (Lipinski definition) is 1. The first-order valence-electron chi connectivity index (χ1n) is 7.82. The van der Waals surface area contributed by atoms with Gasteiger partial charge in [0, 0.05) is 35.7 Å². The number of nitrogens with one attached hydrogen (secondary N) is 1. The zero-order valence-electron chi connectivity index (χ0n) is 12.8. The van der Waals surface area contributed by atoms with Gasteiger partial charge in [-0.15, -0.1) is 0 Å². The molecule has 1 atom stereocenters. The fourth-order valence-electron chi connectivity index (χ4n) is 2.97. The first-order chi connectivity index (χ1) is 11.2. The van der Waals surface area contributed by atoms with Crippen molar-refractivity contribution >= 4 is 32.7 Å². The van der Waals surface area contributed by atoms with Crippen LogP contribution in [0.3, 0.4) is 0 Å². The van der Waals surface area contributed by atoms with E-state index < -0.39 is 0 Å². The molecule has 0 aromatic carbocycles. The summed E-state index contributed by atoms with van der Waals surface area (Å²) in [4.78, 5) is 13.5. The average molecular weight is 373 g/mol. The van der Waals surface area contributed by atoms with Crippen molar-refractivity contribution in [1.29, 1.82) is 0 Å². The number of aromatic nitrogens is 5. The molecule has 0 aliphatic carbocycles. The molecular weight excluding hydrogens is 356 g/mol. The molecule has 0 saturated carbocycles. The Morgan fingerprint density at radius 3 is 3.17 bits per heavy atom. The Labute approximate surface area is 142 Å². The van der Waals surface area contributed by atoms with Gasteiger partial charge in [-0.25, -0.2) is 9.67 Å². The number of halogens is 1. The van der Waals surface area contributed by atoms with Crippen molar-refractivity contribution in [2.45, 2.75) is 38.8 Å². The normalized spacial score (nSPS) is 17.2. The summed E-state index contributed by atoms with van der Waals surface area (Å²) in [5.41, 5.74) is 2.80. The Bertz CT molecular complexity index is 859. The quantitative estimate of drug-likeness (QED) is 0.765. The highest BCUT2D eigenvalue weighted by Gasteiger charge is 2.21. The molecule has 1 N–H and O–H groups in total. The molecule has 3 aromatic rings. The second-order valence-corrected chi connectivity index (χ2v) is 6.66. The van der Waals surface area contributed by atoms with Crippen LogP contribution in [0.25, 0.3) is 11.0 Å². The monoisotopic (exact) mass is 372 g/mol. The predicted octanol–water partition coefficient (Wildman–Crippen LogP) is 2.97. The molecule has 118 valence electrons. The van der Waals surface area contributed by atoms with Crippen molar-refractivity contribution in [1.82, 2.24) is 24.7 Å². The van der Waals surface area contributed by atoms with Gasteiger partial charge in [-0.2, -0.15) is 5.10 Å². The summed E-state index contributed by atoms with van der Waals surface area (Å²) in [6.45, 7) is 2.92. The lowest BCUT2D eigenvalue weighted by Crippen LogP contribution is -2.32. The molecule has 3 aromatic heterocycles. The predicted molar refractivity (Wildman–Crippen MR) is 92.4 cm³/mol. The molecule has 1 unspecified atom stereocenters. The van der Waals surface area contributed by atoms with E-state index in [1.54, 1.807) is 6.20 Å². The standard InChI is InChI=1S/C16H17BrN6/c1-2-14-21-15-4-3-11(9-23(15)22-14)20-12-5-6-18-13-7-10(17)8-19-16(12)13/h5-8,11H,2-4,9H2,1H3,(H,18,20). The smallest absolute Gasteiger partial charge is 0.150 e. The summed E-state index contributed by atoms with van der Waals surface area (Å²) < 4.78 is 2.97. The summed E-state index contributed by atoms with van der Waals surface area (Å²) >= 11 is 3.44. The van der Waals surface area contributed by atoms with E-state index in [1.165, 1.54) is 0 Å². The fourth-order valence-corrected chi connectivity index (χ4v) is 3.29. The Kier molecular flexibility index (Phi) is 3.72. The minimum atomic E-state index is 0.324. The zero-order valence-corrected chi connectivity index (χ0v) is 14.4. The highest BCUT2D eigenvalue weighted by atomic mass is 79.9. The molecule has 23 heavy (non-hydrogen) atoms. The lowest BCUT2D eigenvalue weighted by molar-refractivity contribution is 0.440. The minimum absolute atomic E-state index is 0.324. The number of hydrogen-bond acceptors (Lipinski definition) is 5. The lowest BCUT2D eigenvalue weighted by atomic mass is 10.1. The van der Waals surface area contributed by atoms with Crippen LogP contribution >= 0.6 is 15.9 Å². The topological polar surface area (TPSA) is 68.5 Å². The summed E-state index contributed by atoms with van der Waals surface area (Å²) in [7, 11) is 0. The molecule has 1 aliphatic heterocycles. The molecule has 0 amide bonds. The molecule has 4 rings (SSSR count). The van der Waals surface area contributed by atoms with Crippen LogP contribution in [0.15, 0.2) is 29.0 Å². The van der Waals surface area contributed by atoms with Crippen LogP contribution < -0.4 is 5.32 Å². The van der Waals surface area contributed by atoms with Crippen molar-refractivity contribution in [3.05, 3.63) is 40.6 Å². The summed E-state index contributed by atoms with van der Waals surface area (Å²) in [6.07, 6.45) is 6.50. The minimum Gasteiger partial charge on any atom is -0.379 e. The van der Waals surface area contributed by atoms with Gasteiger partial charge in [0.15, 0.2) is 5.82 Å². The van der Waals surface area contributed by atoms with Crippen LogP contribution in [0.2, 0.25) is 0 Å². The highest BCUT2D eigenvalue weighted by Crippen LogP contribution is 2.24. The summed E-state index contributed by atoms with van der Waals surface area (Å²) in [6, 6.07) is 4.29. The van der Waals surface area contributed by atoms with Gasteiger partial charge in [0.1, 0.15) is 11.3 Å². The van der Waals surface area contributed by atoms with E-state index in [2.05, 4.69) is 48.2 Å². The van der Waals surface area contributed by atoms with Gasteiger partial charge in [0.05, 0.1) is 17.7 Å². The SMILES string of the molecule is CCc1nc2n(n1)CC(Nc1ccnc3cc(Br)cnc13)CC2. The maximum Gasteiger partial charge on any atom is 0.150 e. The molecule has 1 aliphatic rings. The first-order valence-corrected chi connectivity index (χ1v) is 8.61. The van der Waals surface area contributed by atoms with Crippen molar-refractivity contribution in [3.8, 4) is 0 Å². The number of anilines is 1. The Hall–Kier alpha value is -2.02. The third-order valence-corrected chi connectivity index (χ3v) is 4.56. The number of fused-ring (bicyclic) bond motifs is 2. The largest absolute Gasteiger partial charge is 0.379 e. The van der Waals surface area contributed by atoms with Crippen molar-refractivity contribution < 1.29 is 0 Å². The van der Waals surface area contributed by atoms with Gasteiger partial charge in [-0.3, -0.25) is 9.97 Å². The number of rotatable bonds is 3. The molecule has 7 heteroatoms. The summed E-state index contributed by atoms with van der Waals surface area (Å²) in [5, 5.41) is 8.17. The van der Waals surface area contributed by atoms with Gasteiger partial charge >= 0.3 is 0 Å². The van der Waals surface area contributed by atoms with Gasteiger partial charge in [-0.1, -0.05) is 6.92 Å². The summed E-state index contributed by atoms with van der Waals surface area (Å²) in [5.74, 6) is 2.03. The van der Waals surface area contributed by atoms with Crippen LogP contribution in [0, 0.1) is 0 Å². The van der Waals surface area contributed by atoms with Gasteiger partial charge in [0.2, 0.25) is 0 Å². The molecule has 6 nitrogen and oxygen atoms in total. The van der Waals surface area contributed by atoms with Crippen LogP contribution in [0.4, 0.5) is 5.69 Å². The van der Waals surface area contributed by atoms with Crippen LogP contribution in [0.1, 0.15) is 25.0 Å². The lowest BCUT2D eigenvalue weighted by Gasteiger charge is -2.24. The van der Waals surface area contributed by atoms with E-state index in [0.717, 1.165) is 58.6 Å². The van der Waals surface area contributed by atoms with Crippen LogP contribution in [0.5, 0.6) is 0 Å². The number of pyridine rings is 2. The molecule has 0 fully saturated rings. The van der Waals surface area contributed by atoms with Crippen LogP contribution in [-0.4, -0.2) is 30.8 Å². The number of nitrogens with zero attached hydrogens (tertiary/aromatic N) is 5. The Morgan fingerprint density at radius 1 is 1.39 bits per heavy atom. The molecule has 0 radical (unpaired) electrons. The Balaban J connectivity index is 1.59. The average Bonchev–Trinajstić information content (AvgIpc) is 2.97. The highest BCUT2D eigenvalue weighted by molar-refractivity contribution is 9.10. The third kappa shape index (κ3) is 2.81. The van der Waals surface area contributed by atoms with Crippen molar-refractivity contribution in [2.24, 2.45) is 0 Å². The van der Waals surface area contributed by atoms with E-state index in [-0.39, 0.29) is 0 Å². The van der Waals surface area contributed by atoms with E-state index in [4.69, 9.17) is 0 Å². The van der Waals surface area contributed by atoms with E-state index in [9.17, 15) is 0 Å². The van der Waals surface area contributed by atoms with Crippen LogP contribution in [-0.2, 0) is 19.4 Å². The molecule has 0 spiro atoms. The van der Waals surface area contributed by atoms with Gasteiger partial charge in [-0.05, 0) is 34.5 Å².